The van der Waals surface area contributed by atoms with E-state index in [0.29, 0.717) is 5.91 Å². The molecule has 116 valence electrons. The smallest absolute Gasteiger partial charge is 0.244 e. The van der Waals surface area contributed by atoms with Crippen LogP contribution in [0.5, 0.6) is 0 Å². The SMILES string of the molecule is CCC1NC2(CCCC2)C(=O)N1CC(CC)(CC)SC. The maximum atomic E-state index is 13.0. The van der Waals surface area contributed by atoms with Crippen LogP contribution in [0.4, 0.5) is 0 Å². The lowest BCUT2D eigenvalue weighted by Crippen LogP contribution is -2.46. The Kier molecular flexibility index (Phi) is 5.06. The summed E-state index contributed by atoms with van der Waals surface area (Å²) in [6.07, 6.45) is 10.1. The summed E-state index contributed by atoms with van der Waals surface area (Å²) in [5.74, 6) is 0.377. The summed E-state index contributed by atoms with van der Waals surface area (Å²) < 4.78 is 0.217. The summed E-state index contributed by atoms with van der Waals surface area (Å²) >= 11 is 1.93. The molecule has 2 aliphatic rings. The second kappa shape index (κ2) is 6.27. The molecule has 2 fully saturated rings. The van der Waals surface area contributed by atoms with Crippen molar-refractivity contribution in [1.29, 1.82) is 0 Å². The van der Waals surface area contributed by atoms with E-state index in [9.17, 15) is 4.79 Å². The molecule has 1 saturated carbocycles. The van der Waals surface area contributed by atoms with E-state index >= 15 is 0 Å². The molecule has 20 heavy (non-hydrogen) atoms. The van der Waals surface area contributed by atoms with Crippen LogP contribution in [0.25, 0.3) is 0 Å². The molecule has 0 aromatic carbocycles. The molecule has 0 radical (unpaired) electrons. The van der Waals surface area contributed by atoms with Crippen molar-refractivity contribution < 1.29 is 4.79 Å². The van der Waals surface area contributed by atoms with Crippen LogP contribution in [0.3, 0.4) is 0 Å². The molecule has 0 bridgehead atoms. The Labute approximate surface area is 128 Å². The van der Waals surface area contributed by atoms with Gasteiger partial charge in [0.05, 0.1) is 11.7 Å². The molecule has 1 amide bonds. The van der Waals surface area contributed by atoms with E-state index in [4.69, 9.17) is 0 Å². The zero-order chi connectivity index (χ0) is 14.8. The van der Waals surface area contributed by atoms with Crippen LogP contribution in [-0.4, -0.2) is 40.1 Å². The van der Waals surface area contributed by atoms with Crippen molar-refractivity contribution in [2.24, 2.45) is 0 Å². The van der Waals surface area contributed by atoms with Crippen LogP contribution in [-0.2, 0) is 4.79 Å². The van der Waals surface area contributed by atoms with Gasteiger partial charge in [0.25, 0.3) is 0 Å². The van der Waals surface area contributed by atoms with Gasteiger partial charge in [-0.05, 0) is 38.4 Å². The molecule has 1 N–H and O–H groups in total. The zero-order valence-corrected chi connectivity index (χ0v) is 14.3. The van der Waals surface area contributed by atoms with E-state index in [-0.39, 0.29) is 16.5 Å². The highest BCUT2D eigenvalue weighted by molar-refractivity contribution is 8.00. The highest BCUT2D eigenvalue weighted by Gasteiger charge is 2.52. The standard InChI is InChI=1S/C16H30N2OS/c1-5-13-17-16(10-8-9-11-16)14(19)18(13)12-15(6-2,7-3)20-4/h13,17H,5-12H2,1-4H3. The van der Waals surface area contributed by atoms with E-state index in [2.05, 4.69) is 37.2 Å². The number of nitrogens with one attached hydrogen (secondary N) is 1. The van der Waals surface area contributed by atoms with Crippen molar-refractivity contribution >= 4 is 17.7 Å². The minimum atomic E-state index is -0.216. The molecule has 0 aromatic heterocycles. The van der Waals surface area contributed by atoms with Gasteiger partial charge >= 0.3 is 0 Å². The van der Waals surface area contributed by atoms with Crippen LogP contribution in [0.1, 0.15) is 65.7 Å². The highest BCUT2D eigenvalue weighted by atomic mass is 32.2. The summed E-state index contributed by atoms with van der Waals surface area (Å²) in [6, 6.07) is 0. The Morgan fingerprint density at radius 3 is 2.35 bits per heavy atom. The van der Waals surface area contributed by atoms with Crippen LogP contribution in [0.2, 0.25) is 0 Å². The largest absolute Gasteiger partial charge is 0.324 e. The Hall–Kier alpha value is -0.220. The molecular weight excluding hydrogens is 268 g/mol. The average Bonchev–Trinajstić information content (AvgIpc) is 3.05. The second-order valence-electron chi connectivity index (χ2n) is 6.38. The Bertz CT molecular complexity index is 340. The maximum Gasteiger partial charge on any atom is 0.244 e. The number of thioether (sulfide) groups is 1. The summed E-state index contributed by atoms with van der Waals surface area (Å²) in [4.78, 5) is 15.1. The normalized spacial score (nSPS) is 25.9. The first-order valence-corrected chi connectivity index (χ1v) is 9.43. The number of carbonyl (C=O) groups excluding carboxylic acids is 1. The van der Waals surface area contributed by atoms with Gasteiger partial charge in [0.15, 0.2) is 0 Å². The van der Waals surface area contributed by atoms with Gasteiger partial charge in [-0.3, -0.25) is 10.1 Å². The van der Waals surface area contributed by atoms with E-state index < -0.39 is 0 Å². The topological polar surface area (TPSA) is 32.3 Å². The lowest BCUT2D eigenvalue weighted by atomic mass is 9.96. The molecule has 1 heterocycles. The molecule has 1 spiro atoms. The average molecular weight is 298 g/mol. The molecular formula is C16H30N2OS. The van der Waals surface area contributed by atoms with Gasteiger partial charge < -0.3 is 4.90 Å². The number of hydrogen-bond donors (Lipinski definition) is 1. The predicted molar refractivity (Wildman–Crippen MR) is 87.0 cm³/mol. The minimum Gasteiger partial charge on any atom is -0.324 e. The molecule has 1 unspecified atom stereocenters. The van der Waals surface area contributed by atoms with E-state index in [1.165, 1.54) is 12.8 Å². The van der Waals surface area contributed by atoms with Crippen LogP contribution < -0.4 is 5.32 Å². The summed E-state index contributed by atoms with van der Waals surface area (Å²) in [7, 11) is 0. The van der Waals surface area contributed by atoms with Gasteiger partial charge in [-0.2, -0.15) is 11.8 Å². The molecule has 1 saturated heterocycles. The molecule has 0 aromatic rings. The Balaban J connectivity index is 2.19. The van der Waals surface area contributed by atoms with Gasteiger partial charge in [-0.15, -0.1) is 0 Å². The van der Waals surface area contributed by atoms with Crippen molar-refractivity contribution in [2.75, 3.05) is 12.8 Å². The number of amides is 1. The molecule has 3 nitrogen and oxygen atoms in total. The fraction of sp³-hybridized carbons (Fsp3) is 0.938. The van der Waals surface area contributed by atoms with Gasteiger partial charge in [0.2, 0.25) is 5.91 Å². The molecule has 1 aliphatic heterocycles. The fourth-order valence-corrected chi connectivity index (χ4v) is 4.70. The third-order valence-electron chi connectivity index (χ3n) is 5.51. The number of rotatable bonds is 6. The first kappa shape index (κ1) is 16.2. The Morgan fingerprint density at radius 2 is 1.90 bits per heavy atom. The van der Waals surface area contributed by atoms with Crippen molar-refractivity contribution in [2.45, 2.75) is 82.2 Å². The lowest BCUT2D eigenvalue weighted by molar-refractivity contribution is -0.133. The van der Waals surface area contributed by atoms with Crippen molar-refractivity contribution in [3.8, 4) is 0 Å². The third kappa shape index (κ3) is 2.61. The molecule has 4 heteroatoms. The monoisotopic (exact) mass is 298 g/mol. The van der Waals surface area contributed by atoms with Gasteiger partial charge in [-0.1, -0.05) is 33.6 Å². The second-order valence-corrected chi connectivity index (χ2v) is 7.66. The van der Waals surface area contributed by atoms with Crippen LogP contribution in [0, 0.1) is 0 Å². The Morgan fingerprint density at radius 1 is 1.30 bits per heavy atom. The van der Waals surface area contributed by atoms with Crippen molar-refractivity contribution in [1.82, 2.24) is 10.2 Å². The van der Waals surface area contributed by atoms with Gasteiger partial charge in [0, 0.05) is 11.3 Å². The lowest BCUT2D eigenvalue weighted by Gasteiger charge is -2.36. The predicted octanol–water partition coefficient (Wildman–Crippen LogP) is 3.39. The summed E-state index contributed by atoms with van der Waals surface area (Å²) in [5, 5.41) is 3.68. The third-order valence-corrected chi connectivity index (χ3v) is 7.09. The fourth-order valence-electron chi connectivity index (χ4n) is 3.85. The summed E-state index contributed by atoms with van der Waals surface area (Å²) in [5.41, 5.74) is -0.216. The van der Waals surface area contributed by atoms with E-state index in [0.717, 1.165) is 38.6 Å². The highest BCUT2D eigenvalue weighted by Crippen LogP contribution is 2.40. The molecule has 1 aliphatic carbocycles. The van der Waals surface area contributed by atoms with E-state index in [1.54, 1.807) is 0 Å². The number of carbonyl (C=O) groups is 1. The van der Waals surface area contributed by atoms with Gasteiger partial charge in [0.1, 0.15) is 0 Å². The van der Waals surface area contributed by atoms with Crippen LogP contribution >= 0.6 is 11.8 Å². The van der Waals surface area contributed by atoms with E-state index in [1.807, 2.05) is 11.8 Å². The zero-order valence-electron chi connectivity index (χ0n) is 13.5. The van der Waals surface area contributed by atoms with Crippen molar-refractivity contribution in [3.05, 3.63) is 0 Å². The van der Waals surface area contributed by atoms with Crippen molar-refractivity contribution in [3.63, 3.8) is 0 Å². The molecule has 2 rings (SSSR count). The first-order valence-electron chi connectivity index (χ1n) is 8.20. The quantitative estimate of drug-likeness (QED) is 0.816. The van der Waals surface area contributed by atoms with Gasteiger partial charge in [-0.25, -0.2) is 0 Å². The number of hydrogen-bond acceptors (Lipinski definition) is 3. The first-order chi connectivity index (χ1) is 9.56. The summed E-state index contributed by atoms with van der Waals surface area (Å²) in [6.45, 7) is 7.58. The van der Waals surface area contributed by atoms with Crippen LogP contribution in [0.15, 0.2) is 0 Å². The number of nitrogens with zero attached hydrogens (tertiary/aromatic N) is 1. The maximum absolute atomic E-state index is 13.0. The molecule has 1 atom stereocenters. The minimum absolute atomic E-state index is 0.216.